The average Bonchev–Trinajstić information content (AvgIpc) is 2.90. The number of hydrogen-bond acceptors (Lipinski definition) is 6. The lowest BCUT2D eigenvalue weighted by Gasteiger charge is -2.32. The van der Waals surface area contributed by atoms with Crippen molar-refractivity contribution < 1.29 is 9.53 Å². The van der Waals surface area contributed by atoms with Gasteiger partial charge in [-0.2, -0.15) is 4.98 Å². The molecule has 0 spiro atoms. The SMILES string of the molecule is C=CC1CN(Cc2ccccc2)C(=O)c2cnc(N3CCOCC3)nc2N1CCC. The monoisotopic (exact) mass is 407 g/mol. The molecule has 0 bridgehead atoms. The van der Waals surface area contributed by atoms with Crippen LogP contribution in [0, 0.1) is 0 Å². The maximum absolute atomic E-state index is 13.5. The van der Waals surface area contributed by atoms with Crippen LogP contribution in [-0.4, -0.2) is 66.2 Å². The zero-order valence-corrected chi connectivity index (χ0v) is 17.5. The number of amides is 1. The zero-order chi connectivity index (χ0) is 20.9. The lowest BCUT2D eigenvalue weighted by Crippen LogP contribution is -2.42. The fourth-order valence-electron chi connectivity index (χ4n) is 4.04. The topological polar surface area (TPSA) is 61.8 Å². The summed E-state index contributed by atoms with van der Waals surface area (Å²) in [6.45, 7) is 11.0. The van der Waals surface area contributed by atoms with Crippen molar-refractivity contribution in [1.29, 1.82) is 0 Å². The van der Waals surface area contributed by atoms with Gasteiger partial charge in [0.1, 0.15) is 11.4 Å². The van der Waals surface area contributed by atoms with Gasteiger partial charge in [0.2, 0.25) is 5.95 Å². The van der Waals surface area contributed by atoms with E-state index in [1.54, 1.807) is 6.20 Å². The van der Waals surface area contributed by atoms with E-state index in [2.05, 4.69) is 28.3 Å². The van der Waals surface area contributed by atoms with Crippen molar-refractivity contribution >= 4 is 17.7 Å². The van der Waals surface area contributed by atoms with E-state index >= 15 is 0 Å². The van der Waals surface area contributed by atoms with Crippen molar-refractivity contribution in [1.82, 2.24) is 14.9 Å². The van der Waals surface area contributed by atoms with Gasteiger partial charge < -0.3 is 19.4 Å². The largest absolute Gasteiger partial charge is 0.378 e. The minimum absolute atomic E-state index is 0.00805. The number of carbonyl (C=O) groups excluding carboxylic acids is 1. The van der Waals surface area contributed by atoms with Crippen molar-refractivity contribution in [2.45, 2.75) is 25.9 Å². The van der Waals surface area contributed by atoms with Crippen LogP contribution in [0.2, 0.25) is 0 Å². The van der Waals surface area contributed by atoms with E-state index in [4.69, 9.17) is 9.72 Å². The van der Waals surface area contributed by atoms with Gasteiger partial charge in [0.25, 0.3) is 5.91 Å². The van der Waals surface area contributed by atoms with Crippen molar-refractivity contribution in [2.24, 2.45) is 0 Å². The summed E-state index contributed by atoms with van der Waals surface area (Å²) in [6.07, 6.45) is 4.57. The molecule has 2 aliphatic heterocycles. The fourth-order valence-corrected chi connectivity index (χ4v) is 4.04. The van der Waals surface area contributed by atoms with E-state index in [0.29, 0.717) is 43.6 Å². The summed E-state index contributed by atoms with van der Waals surface area (Å²) in [6, 6.07) is 10.1. The van der Waals surface area contributed by atoms with Crippen molar-refractivity contribution in [2.75, 3.05) is 49.2 Å². The first-order valence-electron chi connectivity index (χ1n) is 10.6. The first-order chi connectivity index (χ1) is 14.7. The highest BCUT2D eigenvalue weighted by Crippen LogP contribution is 2.29. The van der Waals surface area contributed by atoms with Gasteiger partial charge in [0.05, 0.1) is 19.3 Å². The molecule has 4 rings (SSSR count). The van der Waals surface area contributed by atoms with Crippen LogP contribution in [0.15, 0.2) is 49.2 Å². The Morgan fingerprint density at radius 3 is 2.70 bits per heavy atom. The number of anilines is 2. The Balaban J connectivity index is 1.72. The molecule has 30 heavy (non-hydrogen) atoms. The second kappa shape index (κ2) is 9.26. The second-order valence-electron chi connectivity index (χ2n) is 7.67. The van der Waals surface area contributed by atoms with Crippen molar-refractivity contribution in [3.05, 3.63) is 60.3 Å². The standard InChI is InChI=1S/C23H29N5O2/c1-3-10-28-19(4-2)17-27(16-18-8-6-5-7-9-18)22(29)20-15-24-23(25-21(20)28)26-11-13-30-14-12-26/h4-9,15,19H,2-3,10-14,16-17H2,1H3. The van der Waals surface area contributed by atoms with E-state index in [9.17, 15) is 4.79 Å². The highest BCUT2D eigenvalue weighted by Gasteiger charge is 2.33. The Morgan fingerprint density at radius 2 is 2.00 bits per heavy atom. The highest BCUT2D eigenvalue weighted by molar-refractivity contribution is 5.99. The van der Waals surface area contributed by atoms with E-state index in [1.165, 1.54) is 0 Å². The number of rotatable bonds is 6. The van der Waals surface area contributed by atoms with Crippen molar-refractivity contribution in [3.63, 3.8) is 0 Å². The van der Waals surface area contributed by atoms with Gasteiger partial charge in [-0.05, 0) is 12.0 Å². The molecule has 1 saturated heterocycles. The molecule has 158 valence electrons. The van der Waals surface area contributed by atoms with Gasteiger partial charge in [0, 0.05) is 38.9 Å². The number of ether oxygens (including phenoxy) is 1. The van der Waals surface area contributed by atoms with Crippen LogP contribution in [0.4, 0.5) is 11.8 Å². The average molecular weight is 408 g/mol. The molecule has 2 aliphatic rings. The number of hydrogen-bond donors (Lipinski definition) is 0. The number of carbonyl (C=O) groups is 1. The number of morpholine rings is 1. The summed E-state index contributed by atoms with van der Waals surface area (Å²) in [5, 5.41) is 0. The van der Waals surface area contributed by atoms with Crippen molar-refractivity contribution in [3.8, 4) is 0 Å². The predicted octanol–water partition coefficient (Wildman–Crippen LogP) is 2.74. The Morgan fingerprint density at radius 1 is 1.23 bits per heavy atom. The Hall–Kier alpha value is -2.93. The molecule has 1 atom stereocenters. The van der Waals surface area contributed by atoms with Crippen LogP contribution in [-0.2, 0) is 11.3 Å². The normalized spacial score (nSPS) is 19.4. The molecule has 7 nitrogen and oxygen atoms in total. The van der Waals surface area contributed by atoms with Crippen LogP contribution in [0.25, 0.3) is 0 Å². The molecule has 0 radical (unpaired) electrons. The van der Waals surface area contributed by atoms with Gasteiger partial charge in [-0.25, -0.2) is 4.98 Å². The smallest absolute Gasteiger partial charge is 0.259 e. The summed E-state index contributed by atoms with van der Waals surface area (Å²) < 4.78 is 5.45. The minimum atomic E-state index is -0.0344. The third kappa shape index (κ3) is 4.16. The van der Waals surface area contributed by atoms with Crippen LogP contribution >= 0.6 is 0 Å². The predicted molar refractivity (Wildman–Crippen MR) is 118 cm³/mol. The molecule has 2 aromatic rings. The molecular weight excluding hydrogens is 378 g/mol. The van der Waals surface area contributed by atoms with Crippen LogP contribution in [0.1, 0.15) is 29.3 Å². The molecule has 0 aliphatic carbocycles. The summed E-state index contributed by atoms with van der Waals surface area (Å²) in [5.41, 5.74) is 1.66. The van der Waals surface area contributed by atoms with E-state index in [-0.39, 0.29) is 11.9 Å². The first kappa shape index (κ1) is 20.3. The van der Waals surface area contributed by atoms with Gasteiger partial charge >= 0.3 is 0 Å². The molecule has 1 unspecified atom stereocenters. The maximum Gasteiger partial charge on any atom is 0.259 e. The third-order valence-electron chi connectivity index (χ3n) is 5.60. The number of nitrogens with zero attached hydrogens (tertiary/aromatic N) is 5. The van der Waals surface area contributed by atoms with E-state index in [0.717, 1.165) is 31.6 Å². The molecule has 0 saturated carbocycles. The minimum Gasteiger partial charge on any atom is -0.378 e. The summed E-state index contributed by atoms with van der Waals surface area (Å²) in [7, 11) is 0. The lowest BCUT2D eigenvalue weighted by atomic mass is 10.2. The lowest BCUT2D eigenvalue weighted by molar-refractivity contribution is 0.0746. The number of aromatic nitrogens is 2. The fraction of sp³-hybridized carbons (Fsp3) is 0.435. The maximum atomic E-state index is 13.5. The molecule has 1 fully saturated rings. The summed E-state index contributed by atoms with van der Waals surface area (Å²) in [4.78, 5) is 29.1. The van der Waals surface area contributed by atoms with E-state index < -0.39 is 0 Å². The Bertz CT molecular complexity index is 882. The second-order valence-corrected chi connectivity index (χ2v) is 7.67. The number of benzene rings is 1. The quantitative estimate of drug-likeness (QED) is 0.687. The number of fused-ring (bicyclic) bond motifs is 1. The van der Waals surface area contributed by atoms with Crippen LogP contribution in [0.3, 0.4) is 0 Å². The molecule has 1 aromatic carbocycles. The molecule has 1 amide bonds. The highest BCUT2D eigenvalue weighted by atomic mass is 16.5. The summed E-state index contributed by atoms with van der Waals surface area (Å²) >= 11 is 0. The van der Waals surface area contributed by atoms with Gasteiger partial charge in [-0.15, -0.1) is 6.58 Å². The Kier molecular flexibility index (Phi) is 6.28. The Labute approximate surface area is 178 Å². The molecule has 0 N–H and O–H groups in total. The molecular formula is C23H29N5O2. The molecule has 1 aromatic heterocycles. The van der Waals surface area contributed by atoms with Crippen LogP contribution < -0.4 is 9.80 Å². The van der Waals surface area contributed by atoms with Crippen LogP contribution in [0.5, 0.6) is 0 Å². The van der Waals surface area contributed by atoms with Gasteiger partial charge in [-0.1, -0.05) is 43.3 Å². The zero-order valence-electron chi connectivity index (χ0n) is 17.5. The van der Waals surface area contributed by atoms with E-state index in [1.807, 2.05) is 41.3 Å². The molecule has 7 heteroatoms. The molecule has 3 heterocycles. The van der Waals surface area contributed by atoms with Gasteiger partial charge in [0.15, 0.2) is 0 Å². The van der Waals surface area contributed by atoms with Gasteiger partial charge in [-0.3, -0.25) is 4.79 Å². The summed E-state index contributed by atoms with van der Waals surface area (Å²) in [5.74, 6) is 1.33. The third-order valence-corrected chi connectivity index (χ3v) is 5.60. The first-order valence-corrected chi connectivity index (χ1v) is 10.6.